The van der Waals surface area contributed by atoms with Gasteiger partial charge >= 0.3 is 0 Å². The molecule has 0 heterocycles. The lowest BCUT2D eigenvalue weighted by atomic mass is 9.83. The number of rotatable bonds is 10. The summed E-state index contributed by atoms with van der Waals surface area (Å²) in [5.74, 6) is 0.572. The molecule has 1 aliphatic rings. The van der Waals surface area contributed by atoms with Gasteiger partial charge in [0.2, 0.25) is 0 Å². The summed E-state index contributed by atoms with van der Waals surface area (Å²) >= 11 is 0. The lowest BCUT2D eigenvalue weighted by molar-refractivity contribution is 0.235. The summed E-state index contributed by atoms with van der Waals surface area (Å²) in [6.07, 6.45) is 18.3. The fourth-order valence-electron chi connectivity index (χ4n) is 3.70. The molecule has 0 bridgehead atoms. The zero-order chi connectivity index (χ0) is 17.0. The summed E-state index contributed by atoms with van der Waals surface area (Å²) in [6.45, 7) is 2.27. The van der Waals surface area contributed by atoms with Gasteiger partial charge in [-0.2, -0.15) is 0 Å². The average molecular weight is 331 g/mol. The molecule has 0 radical (unpaired) electrons. The Balaban J connectivity index is 1.62. The van der Waals surface area contributed by atoms with Crippen molar-refractivity contribution in [3.63, 3.8) is 0 Å². The quantitative estimate of drug-likeness (QED) is 0.383. The van der Waals surface area contributed by atoms with Crippen LogP contribution in [0.2, 0.25) is 0 Å². The van der Waals surface area contributed by atoms with Gasteiger partial charge in [-0.05, 0) is 55.6 Å². The highest BCUT2D eigenvalue weighted by atomic mass is 19.1. The van der Waals surface area contributed by atoms with E-state index in [0.29, 0.717) is 5.92 Å². The lowest BCUT2D eigenvalue weighted by Crippen LogP contribution is -2.13. The van der Waals surface area contributed by atoms with Gasteiger partial charge in [0.15, 0.2) is 0 Å². The molecule has 0 spiro atoms. The molecule has 0 nitrogen and oxygen atoms in total. The fraction of sp³-hybridized carbons (Fsp3) is 0.652. The van der Waals surface area contributed by atoms with E-state index in [4.69, 9.17) is 0 Å². The smallest absolute Gasteiger partial charge is 0.100 e. The Morgan fingerprint density at radius 3 is 2.17 bits per heavy atom. The van der Waals surface area contributed by atoms with Crippen molar-refractivity contribution in [1.29, 1.82) is 0 Å². The van der Waals surface area contributed by atoms with E-state index >= 15 is 0 Å². The number of hydrogen-bond donors (Lipinski definition) is 0. The van der Waals surface area contributed by atoms with Crippen LogP contribution in [0.5, 0.6) is 0 Å². The molecule has 24 heavy (non-hydrogen) atoms. The fourth-order valence-corrected chi connectivity index (χ4v) is 3.70. The van der Waals surface area contributed by atoms with Crippen LogP contribution >= 0.6 is 0 Å². The first kappa shape index (κ1) is 19.2. The first-order valence-electron chi connectivity index (χ1n) is 10.2. The minimum atomic E-state index is -0.560. The number of hydrogen-bond acceptors (Lipinski definition) is 0. The van der Waals surface area contributed by atoms with Crippen molar-refractivity contribution >= 4 is 6.08 Å². The van der Waals surface area contributed by atoms with Gasteiger partial charge in [-0.15, -0.1) is 0 Å². The minimum absolute atomic E-state index is 0.560. The van der Waals surface area contributed by atoms with Crippen LogP contribution in [-0.2, 0) is 0 Å². The Kier molecular flexibility index (Phi) is 9.16. The molecule has 0 saturated heterocycles. The van der Waals surface area contributed by atoms with Crippen molar-refractivity contribution in [2.75, 3.05) is 0 Å². The Morgan fingerprint density at radius 2 is 1.50 bits per heavy atom. The van der Waals surface area contributed by atoms with Crippen LogP contribution in [0.3, 0.4) is 0 Å². The third-order valence-electron chi connectivity index (χ3n) is 5.35. The third kappa shape index (κ3) is 7.20. The zero-order valence-electron chi connectivity index (χ0n) is 15.5. The number of unbranched alkanes of at least 4 members (excludes halogenated alkanes) is 7. The summed E-state index contributed by atoms with van der Waals surface area (Å²) in [7, 11) is 0. The molecular formula is C23H35F. The van der Waals surface area contributed by atoms with E-state index in [1.807, 2.05) is 0 Å². The lowest BCUT2D eigenvalue weighted by Gasteiger charge is -2.24. The SMILES string of the molecule is CCCCCCCCCC=Cc1ccc([C@H]2CC[C@H](F)CC2)cc1. The molecule has 1 saturated carbocycles. The first-order valence-corrected chi connectivity index (χ1v) is 10.2. The van der Waals surface area contributed by atoms with E-state index < -0.39 is 6.17 Å². The largest absolute Gasteiger partial charge is 0.247 e. The highest BCUT2D eigenvalue weighted by molar-refractivity contribution is 5.49. The molecule has 1 fully saturated rings. The molecule has 2 rings (SSSR count). The van der Waals surface area contributed by atoms with Gasteiger partial charge in [-0.25, -0.2) is 4.39 Å². The highest BCUT2D eigenvalue weighted by Crippen LogP contribution is 2.34. The normalized spacial score (nSPS) is 21.4. The minimum Gasteiger partial charge on any atom is -0.247 e. The highest BCUT2D eigenvalue weighted by Gasteiger charge is 2.21. The van der Waals surface area contributed by atoms with E-state index in [2.05, 4.69) is 43.3 Å². The van der Waals surface area contributed by atoms with Crippen molar-refractivity contribution < 1.29 is 4.39 Å². The number of allylic oxidation sites excluding steroid dienone is 1. The van der Waals surface area contributed by atoms with Crippen molar-refractivity contribution in [2.45, 2.75) is 96.1 Å². The van der Waals surface area contributed by atoms with Gasteiger partial charge in [-0.3, -0.25) is 0 Å². The van der Waals surface area contributed by atoms with Gasteiger partial charge < -0.3 is 0 Å². The maximum absolute atomic E-state index is 13.2. The second-order valence-electron chi connectivity index (χ2n) is 7.43. The number of alkyl halides is 1. The molecule has 1 aliphatic carbocycles. The van der Waals surface area contributed by atoms with E-state index in [9.17, 15) is 4.39 Å². The Labute approximate surface area is 148 Å². The monoisotopic (exact) mass is 330 g/mol. The van der Waals surface area contributed by atoms with Crippen LogP contribution in [0.25, 0.3) is 6.08 Å². The molecule has 0 amide bonds. The summed E-state index contributed by atoms with van der Waals surface area (Å²) in [5.41, 5.74) is 2.69. The molecule has 1 aromatic carbocycles. The standard InChI is InChI=1S/C23H35F/c1-2-3-4-5-6-7-8-9-10-11-20-12-14-21(15-13-20)22-16-18-23(24)19-17-22/h10-15,22-23H,2-9,16-19H2,1H3/t22-,23-. The molecule has 134 valence electrons. The van der Waals surface area contributed by atoms with Gasteiger partial charge in [0.05, 0.1) is 0 Å². The average Bonchev–Trinajstić information content (AvgIpc) is 2.62. The maximum atomic E-state index is 13.2. The summed E-state index contributed by atoms with van der Waals surface area (Å²) in [6, 6.07) is 8.93. The molecular weight excluding hydrogens is 295 g/mol. The maximum Gasteiger partial charge on any atom is 0.100 e. The van der Waals surface area contributed by atoms with Crippen LogP contribution in [0.4, 0.5) is 4.39 Å². The van der Waals surface area contributed by atoms with Crippen molar-refractivity contribution in [3.05, 3.63) is 41.5 Å². The number of benzene rings is 1. The van der Waals surface area contributed by atoms with Crippen LogP contribution < -0.4 is 0 Å². The molecule has 1 aromatic rings. The van der Waals surface area contributed by atoms with Crippen LogP contribution in [0.1, 0.15) is 101 Å². The number of halogens is 1. The van der Waals surface area contributed by atoms with E-state index in [-0.39, 0.29) is 0 Å². The second-order valence-corrected chi connectivity index (χ2v) is 7.43. The van der Waals surface area contributed by atoms with Crippen LogP contribution in [-0.4, -0.2) is 6.17 Å². The zero-order valence-corrected chi connectivity index (χ0v) is 15.5. The summed E-state index contributed by atoms with van der Waals surface area (Å²) in [5, 5.41) is 0. The molecule has 0 aliphatic heterocycles. The molecule has 0 N–H and O–H groups in total. The Hall–Kier alpha value is -1.11. The van der Waals surface area contributed by atoms with Crippen molar-refractivity contribution in [3.8, 4) is 0 Å². The van der Waals surface area contributed by atoms with Gasteiger partial charge in [0.1, 0.15) is 6.17 Å². The summed E-state index contributed by atoms with van der Waals surface area (Å²) in [4.78, 5) is 0. The first-order chi connectivity index (χ1) is 11.8. The van der Waals surface area contributed by atoms with Crippen LogP contribution in [0, 0.1) is 0 Å². The Bertz CT molecular complexity index is 451. The summed E-state index contributed by atoms with van der Waals surface area (Å²) < 4.78 is 13.2. The molecule has 0 unspecified atom stereocenters. The van der Waals surface area contributed by atoms with Crippen LogP contribution in [0.15, 0.2) is 30.3 Å². The Morgan fingerprint density at radius 1 is 0.875 bits per heavy atom. The topological polar surface area (TPSA) is 0 Å². The predicted molar refractivity (Wildman–Crippen MR) is 104 cm³/mol. The molecule has 0 aromatic heterocycles. The third-order valence-corrected chi connectivity index (χ3v) is 5.35. The van der Waals surface area contributed by atoms with E-state index in [0.717, 1.165) is 25.7 Å². The predicted octanol–water partition coefficient (Wildman–Crippen LogP) is 7.84. The molecule has 0 atom stereocenters. The van der Waals surface area contributed by atoms with Crippen molar-refractivity contribution in [2.24, 2.45) is 0 Å². The van der Waals surface area contributed by atoms with Gasteiger partial charge in [0, 0.05) is 0 Å². The van der Waals surface area contributed by atoms with Crippen molar-refractivity contribution in [1.82, 2.24) is 0 Å². The second kappa shape index (κ2) is 11.4. The van der Waals surface area contributed by atoms with Gasteiger partial charge in [-0.1, -0.05) is 81.9 Å². The van der Waals surface area contributed by atoms with E-state index in [1.165, 1.54) is 62.5 Å². The van der Waals surface area contributed by atoms with Gasteiger partial charge in [0.25, 0.3) is 0 Å². The van der Waals surface area contributed by atoms with E-state index in [1.54, 1.807) is 0 Å². The molecule has 1 heteroatoms.